The number of anilines is 3. The Kier molecular flexibility index (Phi) is 2.96. The number of carbonyl (C=O) groups is 1. The van der Waals surface area contributed by atoms with Gasteiger partial charge in [-0.25, -0.2) is 0 Å². The molecule has 1 aliphatic carbocycles. The van der Waals surface area contributed by atoms with E-state index in [-0.39, 0.29) is 11.8 Å². The molecule has 4 rings (SSSR count). The largest absolute Gasteiger partial charge is 0.340 e. The maximum atomic E-state index is 11.8. The Morgan fingerprint density at radius 3 is 2.77 bits per heavy atom. The van der Waals surface area contributed by atoms with Crippen LogP contribution in [0, 0.1) is 5.92 Å². The molecular weight excluding hydrogens is 280 g/mol. The molecule has 0 unspecified atom stereocenters. The van der Waals surface area contributed by atoms with Crippen LogP contribution in [0.5, 0.6) is 0 Å². The number of hydrogen-bond acceptors (Lipinski definition) is 5. The molecule has 3 aromatic heterocycles. The molecule has 0 aromatic carbocycles. The van der Waals surface area contributed by atoms with Gasteiger partial charge in [0.1, 0.15) is 5.82 Å². The van der Waals surface area contributed by atoms with E-state index in [0.717, 1.165) is 24.3 Å². The van der Waals surface area contributed by atoms with Gasteiger partial charge in [0.15, 0.2) is 5.65 Å². The second-order valence-electron chi connectivity index (χ2n) is 5.24. The van der Waals surface area contributed by atoms with Crippen molar-refractivity contribution in [2.75, 3.05) is 10.6 Å². The third-order valence-electron chi connectivity index (χ3n) is 3.50. The molecule has 0 saturated heterocycles. The summed E-state index contributed by atoms with van der Waals surface area (Å²) in [6.45, 7) is 0. The van der Waals surface area contributed by atoms with Crippen molar-refractivity contribution in [1.29, 1.82) is 0 Å². The van der Waals surface area contributed by atoms with Crippen molar-refractivity contribution < 1.29 is 4.79 Å². The van der Waals surface area contributed by atoms with Gasteiger partial charge in [-0.3, -0.25) is 15.1 Å². The van der Waals surface area contributed by atoms with E-state index in [0.29, 0.717) is 11.6 Å². The molecule has 0 atom stereocenters. The van der Waals surface area contributed by atoms with Gasteiger partial charge < -0.3 is 5.32 Å². The van der Waals surface area contributed by atoms with E-state index >= 15 is 0 Å². The number of fused-ring (bicyclic) bond motifs is 1. The van der Waals surface area contributed by atoms with Crippen LogP contribution in [0.3, 0.4) is 0 Å². The average Bonchev–Trinajstić information content (AvgIpc) is 3.30. The van der Waals surface area contributed by atoms with E-state index in [2.05, 4.69) is 25.7 Å². The molecule has 0 spiro atoms. The van der Waals surface area contributed by atoms with Crippen LogP contribution in [0.2, 0.25) is 0 Å². The van der Waals surface area contributed by atoms with Gasteiger partial charge >= 0.3 is 0 Å². The van der Waals surface area contributed by atoms with Gasteiger partial charge in [0.2, 0.25) is 11.9 Å². The zero-order valence-corrected chi connectivity index (χ0v) is 11.7. The quantitative estimate of drug-likeness (QED) is 0.770. The first-order chi connectivity index (χ1) is 10.8. The average molecular weight is 294 g/mol. The Morgan fingerprint density at radius 1 is 1.18 bits per heavy atom. The molecule has 2 N–H and O–H groups in total. The first kappa shape index (κ1) is 12.8. The predicted molar refractivity (Wildman–Crippen MR) is 81.9 cm³/mol. The SMILES string of the molecule is O=C(Nc1nc2cccc(Nc3ccncc3)n2n1)C1CC1. The number of pyridine rings is 2. The summed E-state index contributed by atoms with van der Waals surface area (Å²) < 4.78 is 1.67. The number of nitrogens with one attached hydrogen (secondary N) is 2. The third-order valence-corrected chi connectivity index (χ3v) is 3.50. The summed E-state index contributed by atoms with van der Waals surface area (Å²) in [5.41, 5.74) is 1.58. The Labute approximate surface area is 126 Å². The molecule has 0 radical (unpaired) electrons. The number of aromatic nitrogens is 4. The molecule has 3 heterocycles. The standard InChI is InChI=1S/C15H14N6O/c22-14(10-4-5-10)19-15-18-13-3-1-2-12(21(13)20-15)17-11-6-8-16-9-7-11/h1-3,6-10H,4-5H2,(H,16,17)(H,19,20,22). The fourth-order valence-corrected chi connectivity index (χ4v) is 2.19. The van der Waals surface area contributed by atoms with Crippen molar-refractivity contribution in [3.05, 3.63) is 42.7 Å². The van der Waals surface area contributed by atoms with Gasteiger partial charge in [0.05, 0.1) is 0 Å². The number of hydrogen-bond donors (Lipinski definition) is 2. The first-order valence-corrected chi connectivity index (χ1v) is 7.13. The van der Waals surface area contributed by atoms with Gasteiger partial charge in [0, 0.05) is 24.0 Å². The highest BCUT2D eigenvalue weighted by molar-refractivity contribution is 5.92. The second-order valence-corrected chi connectivity index (χ2v) is 5.24. The molecular formula is C15H14N6O. The van der Waals surface area contributed by atoms with Gasteiger partial charge in [-0.1, -0.05) is 6.07 Å². The number of amides is 1. The fraction of sp³-hybridized carbons (Fsp3) is 0.200. The molecule has 1 aliphatic rings. The van der Waals surface area contributed by atoms with Gasteiger partial charge in [-0.15, -0.1) is 5.10 Å². The monoisotopic (exact) mass is 294 g/mol. The Morgan fingerprint density at radius 2 is 2.00 bits per heavy atom. The first-order valence-electron chi connectivity index (χ1n) is 7.13. The Balaban J connectivity index is 1.64. The topological polar surface area (TPSA) is 84.2 Å². The molecule has 7 heteroatoms. The smallest absolute Gasteiger partial charge is 0.249 e. The number of carbonyl (C=O) groups excluding carboxylic acids is 1. The summed E-state index contributed by atoms with van der Waals surface area (Å²) in [7, 11) is 0. The van der Waals surface area contributed by atoms with Crippen LogP contribution in [0.15, 0.2) is 42.7 Å². The van der Waals surface area contributed by atoms with E-state index in [4.69, 9.17) is 0 Å². The van der Waals surface area contributed by atoms with E-state index in [9.17, 15) is 4.79 Å². The van der Waals surface area contributed by atoms with Gasteiger partial charge in [0.25, 0.3) is 0 Å². The summed E-state index contributed by atoms with van der Waals surface area (Å²) in [6.07, 6.45) is 5.33. The number of rotatable bonds is 4. The van der Waals surface area contributed by atoms with Crippen LogP contribution < -0.4 is 10.6 Å². The van der Waals surface area contributed by atoms with E-state index in [1.54, 1.807) is 16.9 Å². The minimum atomic E-state index is -0.000418. The fourth-order valence-electron chi connectivity index (χ4n) is 2.19. The lowest BCUT2D eigenvalue weighted by molar-refractivity contribution is -0.117. The van der Waals surface area contributed by atoms with Crippen LogP contribution in [0.4, 0.5) is 17.5 Å². The molecule has 22 heavy (non-hydrogen) atoms. The summed E-state index contributed by atoms with van der Waals surface area (Å²) in [4.78, 5) is 20.1. The zero-order valence-electron chi connectivity index (χ0n) is 11.7. The van der Waals surface area contributed by atoms with Crippen molar-refractivity contribution >= 4 is 29.0 Å². The summed E-state index contributed by atoms with van der Waals surface area (Å²) >= 11 is 0. The molecule has 1 amide bonds. The van der Waals surface area contributed by atoms with Gasteiger partial charge in [-0.05, 0) is 37.1 Å². The van der Waals surface area contributed by atoms with Crippen LogP contribution in [0.1, 0.15) is 12.8 Å². The predicted octanol–water partition coefficient (Wildman–Crippen LogP) is 2.22. The van der Waals surface area contributed by atoms with Crippen molar-refractivity contribution in [3.63, 3.8) is 0 Å². The lowest BCUT2D eigenvalue weighted by atomic mass is 10.4. The van der Waals surface area contributed by atoms with Crippen LogP contribution in [0.25, 0.3) is 5.65 Å². The minimum absolute atomic E-state index is 0.000418. The summed E-state index contributed by atoms with van der Waals surface area (Å²) in [6, 6.07) is 9.36. The number of nitrogens with zero attached hydrogens (tertiary/aromatic N) is 4. The molecule has 7 nitrogen and oxygen atoms in total. The van der Waals surface area contributed by atoms with Crippen molar-refractivity contribution in [2.45, 2.75) is 12.8 Å². The molecule has 0 bridgehead atoms. The maximum absolute atomic E-state index is 11.8. The lowest BCUT2D eigenvalue weighted by Gasteiger charge is -2.06. The highest BCUT2D eigenvalue weighted by atomic mass is 16.2. The van der Waals surface area contributed by atoms with Crippen molar-refractivity contribution in [2.24, 2.45) is 5.92 Å². The van der Waals surface area contributed by atoms with Crippen molar-refractivity contribution in [3.8, 4) is 0 Å². The molecule has 3 aromatic rings. The maximum Gasteiger partial charge on any atom is 0.249 e. The molecule has 1 fully saturated rings. The summed E-state index contributed by atoms with van der Waals surface area (Å²) in [5.74, 6) is 1.23. The lowest BCUT2D eigenvalue weighted by Crippen LogP contribution is -2.14. The van der Waals surface area contributed by atoms with Crippen molar-refractivity contribution in [1.82, 2.24) is 19.6 Å². The minimum Gasteiger partial charge on any atom is -0.340 e. The Bertz CT molecular complexity index is 824. The van der Waals surface area contributed by atoms with Gasteiger partial charge in [-0.2, -0.15) is 9.50 Å². The van der Waals surface area contributed by atoms with Crippen LogP contribution >= 0.6 is 0 Å². The van der Waals surface area contributed by atoms with E-state index in [1.807, 2.05) is 30.3 Å². The van der Waals surface area contributed by atoms with E-state index < -0.39 is 0 Å². The zero-order chi connectivity index (χ0) is 14.9. The van der Waals surface area contributed by atoms with Crippen LogP contribution in [-0.4, -0.2) is 25.5 Å². The van der Waals surface area contributed by atoms with Crippen LogP contribution in [-0.2, 0) is 4.79 Å². The molecule has 1 saturated carbocycles. The van der Waals surface area contributed by atoms with E-state index in [1.165, 1.54) is 0 Å². The normalized spacial score (nSPS) is 14.0. The third kappa shape index (κ3) is 2.48. The molecule has 110 valence electrons. The second kappa shape index (κ2) is 5.10. The molecule has 0 aliphatic heterocycles. The highest BCUT2D eigenvalue weighted by Gasteiger charge is 2.30. The highest BCUT2D eigenvalue weighted by Crippen LogP contribution is 2.29. The Hall–Kier alpha value is -2.96. The summed E-state index contributed by atoms with van der Waals surface area (Å²) in [5, 5.41) is 10.4.